The SMILES string of the molecule is CC(C)COC(=O)Nc1cccc(NC(=O)c2ccc3c(c2)CCC3)c1. The lowest BCUT2D eigenvalue weighted by molar-refractivity contribution is 0.102. The second kappa shape index (κ2) is 8.04. The molecule has 0 saturated carbocycles. The number of aryl methyl sites for hydroxylation is 2. The van der Waals surface area contributed by atoms with Crippen molar-refractivity contribution in [2.45, 2.75) is 33.1 Å². The van der Waals surface area contributed by atoms with Crippen molar-refractivity contribution in [3.8, 4) is 0 Å². The lowest BCUT2D eigenvalue weighted by atomic mass is 10.1. The van der Waals surface area contributed by atoms with E-state index in [-0.39, 0.29) is 11.8 Å². The van der Waals surface area contributed by atoms with E-state index in [0.717, 1.165) is 19.3 Å². The molecule has 136 valence electrons. The summed E-state index contributed by atoms with van der Waals surface area (Å²) in [6.45, 7) is 4.31. The van der Waals surface area contributed by atoms with Crippen LogP contribution in [0.1, 0.15) is 41.8 Å². The number of anilines is 2. The summed E-state index contributed by atoms with van der Waals surface area (Å²) in [5, 5.41) is 5.55. The highest BCUT2D eigenvalue weighted by Gasteiger charge is 2.14. The van der Waals surface area contributed by atoms with Crippen molar-refractivity contribution in [2.24, 2.45) is 5.92 Å². The van der Waals surface area contributed by atoms with Gasteiger partial charge in [-0.25, -0.2) is 4.79 Å². The lowest BCUT2D eigenvalue weighted by Gasteiger charge is -2.11. The smallest absolute Gasteiger partial charge is 0.411 e. The minimum Gasteiger partial charge on any atom is -0.449 e. The normalized spacial score (nSPS) is 12.6. The maximum Gasteiger partial charge on any atom is 0.411 e. The standard InChI is InChI=1S/C21H24N2O3/c1-14(2)13-26-21(25)23-19-8-4-7-18(12-19)22-20(24)17-10-9-15-5-3-6-16(15)11-17/h4,7-12,14H,3,5-6,13H2,1-2H3,(H,22,24)(H,23,25). The molecule has 0 atom stereocenters. The van der Waals surface area contributed by atoms with Gasteiger partial charge >= 0.3 is 6.09 Å². The van der Waals surface area contributed by atoms with Crippen LogP contribution in [0.25, 0.3) is 0 Å². The van der Waals surface area contributed by atoms with E-state index in [0.29, 0.717) is 23.5 Å². The van der Waals surface area contributed by atoms with E-state index in [1.165, 1.54) is 11.1 Å². The molecule has 3 rings (SSSR count). The van der Waals surface area contributed by atoms with Crippen LogP contribution in [0.3, 0.4) is 0 Å². The number of hydrogen-bond acceptors (Lipinski definition) is 3. The molecule has 2 N–H and O–H groups in total. The van der Waals surface area contributed by atoms with Gasteiger partial charge in [0.15, 0.2) is 0 Å². The number of hydrogen-bond donors (Lipinski definition) is 2. The number of fused-ring (bicyclic) bond motifs is 1. The predicted octanol–water partition coefficient (Wildman–Crippen LogP) is 4.63. The second-order valence-corrected chi connectivity index (χ2v) is 6.99. The van der Waals surface area contributed by atoms with E-state index < -0.39 is 6.09 Å². The highest BCUT2D eigenvalue weighted by atomic mass is 16.5. The maximum atomic E-state index is 12.5. The fraction of sp³-hybridized carbons (Fsp3) is 0.333. The minimum absolute atomic E-state index is 0.153. The molecule has 0 bridgehead atoms. The van der Waals surface area contributed by atoms with E-state index in [1.807, 2.05) is 32.0 Å². The van der Waals surface area contributed by atoms with Crippen molar-refractivity contribution in [3.63, 3.8) is 0 Å². The largest absolute Gasteiger partial charge is 0.449 e. The molecular formula is C21H24N2O3. The Hall–Kier alpha value is -2.82. The number of carbonyl (C=O) groups excluding carboxylic acids is 2. The third-order valence-electron chi connectivity index (χ3n) is 4.28. The zero-order chi connectivity index (χ0) is 18.5. The van der Waals surface area contributed by atoms with Gasteiger partial charge in [-0.15, -0.1) is 0 Å². The Labute approximate surface area is 153 Å². The van der Waals surface area contributed by atoms with E-state index in [4.69, 9.17) is 4.74 Å². The molecule has 26 heavy (non-hydrogen) atoms. The summed E-state index contributed by atoms with van der Waals surface area (Å²) in [5.74, 6) is 0.123. The van der Waals surface area contributed by atoms with E-state index >= 15 is 0 Å². The van der Waals surface area contributed by atoms with Crippen molar-refractivity contribution >= 4 is 23.4 Å². The number of nitrogens with one attached hydrogen (secondary N) is 2. The quantitative estimate of drug-likeness (QED) is 0.824. The van der Waals surface area contributed by atoms with Crippen LogP contribution in [0.4, 0.5) is 16.2 Å². The zero-order valence-corrected chi connectivity index (χ0v) is 15.2. The van der Waals surface area contributed by atoms with Crippen LogP contribution < -0.4 is 10.6 Å². The Kier molecular flexibility index (Phi) is 5.56. The molecule has 5 nitrogen and oxygen atoms in total. The van der Waals surface area contributed by atoms with Crippen molar-refractivity contribution in [1.29, 1.82) is 0 Å². The first kappa shape index (κ1) is 18.0. The van der Waals surface area contributed by atoms with E-state index in [1.54, 1.807) is 24.3 Å². The summed E-state index contributed by atoms with van der Waals surface area (Å²) in [5.41, 5.74) is 4.46. The average Bonchev–Trinajstić information content (AvgIpc) is 3.08. The first-order valence-electron chi connectivity index (χ1n) is 8.98. The van der Waals surface area contributed by atoms with Crippen LogP contribution in [0.5, 0.6) is 0 Å². The van der Waals surface area contributed by atoms with Crippen LogP contribution in [0, 0.1) is 5.92 Å². The third-order valence-corrected chi connectivity index (χ3v) is 4.28. The third kappa shape index (κ3) is 4.63. The fourth-order valence-electron chi connectivity index (χ4n) is 2.99. The first-order chi connectivity index (χ1) is 12.5. The highest BCUT2D eigenvalue weighted by molar-refractivity contribution is 6.04. The van der Waals surface area contributed by atoms with Crippen LogP contribution in [-0.2, 0) is 17.6 Å². The van der Waals surface area contributed by atoms with Crippen molar-refractivity contribution in [2.75, 3.05) is 17.2 Å². The lowest BCUT2D eigenvalue weighted by Crippen LogP contribution is -2.17. The van der Waals surface area contributed by atoms with Crippen molar-refractivity contribution in [3.05, 3.63) is 59.2 Å². The molecule has 0 radical (unpaired) electrons. The van der Waals surface area contributed by atoms with Gasteiger partial charge in [0.1, 0.15) is 0 Å². The number of rotatable bonds is 5. The molecule has 0 aromatic heterocycles. The van der Waals surface area contributed by atoms with Crippen LogP contribution in [-0.4, -0.2) is 18.6 Å². The molecule has 0 fully saturated rings. The molecule has 0 unspecified atom stereocenters. The summed E-state index contributed by atoms with van der Waals surface area (Å²) < 4.78 is 5.10. The zero-order valence-electron chi connectivity index (χ0n) is 15.2. The molecule has 0 spiro atoms. The van der Waals surface area contributed by atoms with Crippen LogP contribution in [0.2, 0.25) is 0 Å². The van der Waals surface area contributed by atoms with Crippen molar-refractivity contribution in [1.82, 2.24) is 0 Å². The number of benzene rings is 2. The Morgan fingerprint density at radius 3 is 2.50 bits per heavy atom. The Bertz CT molecular complexity index is 815. The summed E-state index contributed by atoms with van der Waals surface area (Å²) in [4.78, 5) is 24.3. The molecule has 0 heterocycles. The molecule has 0 saturated heterocycles. The molecule has 2 aromatic carbocycles. The second-order valence-electron chi connectivity index (χ2n) is 6.99. The Morgan fingerprint density at radius 1 is 1.00 bits per heavy atom. The van der Waals surface area contributed by atoms with Crippen molar-refractivity contribution < 1.29 is 14.3 Å². The highest BCUT2D eigenvalue weighted by Crippen LogP contribution is 2.23. The monoisotopic (exact) mass is 352 g/mol. The molecule has 1 aliphatic rings. The topological polar surface area (TPSA) is 67.4 Å². The van der Waals surface area contributed by atoms with Crippen LogP contribution >= 0.6 is 0 Å². The Morgan fingerprint density at radius 2 is 1.73 bits per heavy atom. The van der Waals surface area contributed by atoms with E-state index in [9.17, 15) is 9.59 Å². The van der Waals surface area contributed by atoms with Gasteiger partial charge in [0, 0.05) is 16.9 Å². The molecule has 1 aliphatic carbocycles. The van der Waals surface area contributed by atoms with E-state index in [2.05, 4.69) is 10.6 Å². The predicted molar refractivity (Wildman–Crippen MR) is 103 cm³/mol. The molecule has 2 aromatic rings. The number of carbonyl (C=O) groups is 2. The molecule has 5 heteroatoms. The van der Waals surface area contributed by atoms with Gasteiger partial charge in [-0.05, 0) is 66.6 Å². The molecule has 2 amide bonds. The first-order valence-corrected chi connectivity index (χ1v) is 8.98. The maximum absolute atomic E-state index is 12.5. The molecule has 0 aliphatic heterocycles. The summed E-state index contributed by atoms with van der Waals surface area (Å²) in [6, 6.07) is 12.9. The number of ether oxygens (including phenoxy) is 1. The average molecular weight is 352 g/mol. The molecular weight excluding hydrogens is 328 g/mol. The van der Waals surface area contributed by atoms with Gasteiger partial charge < -0.3 is 10.1 Å². The summed E-state index contributed by atoms with van der Waals surface area (Å²) >= 11 is 0. The minimum atomic E-state index is -0.499. The van der Waals surface area contributed by atoms with Crippen LogP contribution in [0.15, 0.2) is 42.5 Å². The van der Waals surface area contributed by atoms with Gasteiger partial charge in [-0.2, -0.15) is 0 Å². The van der Waals surface area contributed by atoms with Gasteiger partial charge in [0.05, 0.1) is 6.61 Å². The summed E-state index contributed by atoms with van der Waals surface area (Å²) in [7, 11) is 0. The van der Waals surface area contributed by atoms with Gasteiger partial charge in [0.25, 0.3) is 5.91 Å². The van der Waals surface area contributed by atoms with Gasteiger partial charge in [0.2, 0.25) is 0 Å². The Balaban J connectivity index is 1.63. The van der Waals surface area contributed by atoms with Gasteiger partial charge in [-0.1, -0.05) is 26.0 Å². The van der Waals surface area contributed by atoms with Gasteiger partial charge in [-0.3, -0.25) is 10.1 Å². The summed E-state index contributed by atoms with van der Waals surface area (Å²) in [6.07, 6.45) is 2.79. The fourth-order valence-corrected chi connectivity index (χ4v) is 2.99. The number of amides is 2.